The molecule has 1 aromatic heterocycles. The van der Waals surface area contributed by atoms with Gasteiger partial charge >= 0.3 is 5.00 Å². The van der Waals surface area contributed by atoms with Gasteiger partial charge in [-0.25, -0.2) is 0 Å². The first kappa shape index (κ1) is 13.7. The van der Waals surface area contributed by atoms with Crippen LogP contribution < -0.4 is 5.32 Å². The van der Waals surface area contributed by atoms with Gasteiger partial charge in [0.05, 0.1) is 17.6 Å². The quantitative estimate of drug-likeness (QED) is 0.628. The number of thiophene rings is 1. The second kappa shape index (κ2) is 6.42. The molecule has 19 heavy (non-hydrogen) atoms. The van der Waals surface area contributed by atoms with Gasteiger partial charge in [-0.15, -0.1) is 0 Å². The molecule has 1 aromatic carbocycles. The van der Waals surface area contributed by atoms with Gasteiger partial charge < -0.3 is 10.4 Å². The predicted molar refractivity (Wildman–Crippen MR) is 74.1 cm³/mol. The lowest BCUT2D eigenvalue weighted by atomic mass is 10.1. The van der Waals surface area contributed by atoms with E-state index in [1.165, 1.54) is 6.07 Å². The van der Waals surface area contributed by atoms with Crippen molar-refractivity contribution >= 4 is 16.3 Å². The first-order chi connectivity index (χ1) is 9.20. The molecule has 0 aliphatic heterocycles. The summed E-state index contributed by atoms with van der Waals surface area (Å²) in [5, 5.41) is 23.3. The topological polar surface area (TPSA) is 75.4 Å². The minimum absolute atomic E-state index is 0.0164. The maximum atomic E-state index is 10.6. The Morgan fingerprint density at radius 3 is 2.58 bits per heavy atom. The van der Waals surface area contributed by atoms with E-state index in [0.717, 1.165) is 21.8 Å². The Bertz CT molecular complexity index is 542. The lowest BCUT2D eigenvalue weighted by Crippen LogP contribution is -2.23. The SMILES string of the molecule is O=[N+]([O-])c1ccc(CN[C@@H](CO)c2ccccc2)s1. The van der Waals surface area contributed by atoms with Crippen LogP contribution in [-0.2, 0) is 6.54 Å². The highest BCUT2D eigenvalue weighted by atomic mass is 32.1. The van der Waals surface area contributed by atoms with Crippen molar-refractivity contribution in [2.45, 2.75) is 12.6 Å². The molecule has 5 nitrogen and oxygen atoms in total. The molecule has 0 radical (unpaired) electrons. The average molecular weight is 278 g/mol. The number of hydrogen-bond donors (Lipinski definition) is 2. The minimum atomic E-state index is -0.394. The van der Waals surface area contributed by atoms with Crippen molar-refractivity contribution < 1.29 is 10.0 Å². The van der Waals surface area contributed by atoms with E-state index in [0.29, 0.717) is 6.54 Å². The zero-order valence-electron chi connectivity index (χ0n) is 10.2. The van der Waals surface area contributed by atoms with E-state index in [9.17, 15) is 15.2 Å². The zero-order valence-corrected chi connectivity index (χ0v) is 11.0. The van der Waals surface area contributed by atoms with Crippen molar-refractivity contribution in [3.05, 3.63) is 63.0 Å². The first-order valence-corrected chi connectivity index (χ1v) is 6.64. The molecule has 0 saturated heterocycles. The van der Waals surface area contributed by atoms with Crippen LogP contribution in [0.4, 0.5) is 5.00 Å². The van der Waals surface area contributed by atoms with Crippen molar-refractivity contribution in [3.8, 4) is 0 Å². The smallest absolute Gasteiger partial charge is 0.324 e. The van der Waals surface area contributed by atoms with Gasteiger partial charge in [0.2, 0.25) is 0 Å². The Hall–Kier alpha value is -1.76. The highest BCUT2D eigenvalue weighted by molar-refractivity contribution is 7.15. The molecule has 0 spiro atoms. The minimum Gasteiger partial charge on any atom is -0.394 e. The molecule has 0 bridgehead atoms. The largest absolute Gasteiger partial charge is 0.394 e. The molecule has 2 aromatic rings. The van der Waals surface area contributed by atoms with Gasteiger partial charge in [-0.1, -0.05) is 41.7 Å². The van der Waals surface area contributed by atoms with Crippen molar-refractivity contribution in [1.29, 1.82) is 0 Å². The molecule has 6 heteroatoms. The Morgan fingerprint density at radius 2 is 2.00 bits per heavy atom. The van der Waals surface area contributed by atoms with Crippen LogP contribution in [0.25, 0.3) is 0 Å². The lowest BCUT2D eigenvalue weighted by molar-refractivity contribution is -0.380. The third-order valence-corrected chi connectivity index (χ3v) is 3.77. The number of benzene rings is 1. The van der Waals surface area contributed by atoms with Gasteiger partial charge in [-0.2, -0.15) is 0 Å². The van der Waals surface area contributed by atoms with Crippen LogP contribution in [-0.4, -0.2) is 16.6 Å². The number of aliphatic hydroxyl groups excluding tert-OH is 1. The number of nitrogens with one attached hydrogen (secondary N) is 1. The molecular formula is C13H14N2O3S. The van der Waals surface area contributed by atoms with Crippen LogP contribution in [0.2, 0.25) is 0 Å². The number of aliphatic hydroxyl groups is 1. The molecule has 1 heterocycles. The molecule has 0 fully saturated rings. The number of nitro groups is 1. The van der Waals surface area contributed by atoms with E-state index < -0.39 is 4.92 Å². The van der Waals surface area contributed by atoms with Crippen LogP contribution in [0.15, 0.2) is 42.5 Å². The van der Waals surface area contributed by atoms with Gasteiger partial charge in [0.25, 0.3) is 0 Å². The molecule has 1 atom stereocenters. The molecule has 2 rings (SSSR count). The van der Waals surface area contributed by atoms with Gasteiger partial charge in [0.1, 0.15) is 0 Å². The zero-order chi connectivity index (χ0) is 13.7. The van der Waals surface area contributed by atoms with Gasteiger partial charge in [0, 0.05) is 17.5 Å². The number of rotatable bonds is 6. The lowest BCUT2D eigenvalue weighted by Gasteiger charge is -2.15. The fourth-order valence-corrected chi connectivity index (χ4v) is 2.53. The van der Waals surface area contributed by atoms with Crippen molar-refractivity contribution in [2.24, 2.45) is 0 Å². The summed E-state index contributed by atoms with van der Waals surface area (Å²) in [4.78, 5) is 11.1. The molecule has 0 aliphatic rings. The Kier molecular flexibility index (Phi) is 4.62. The van der Waals surface area contributed by atoms with E-state index in [1.807, 2.05) is 30.3 Å². The molecule has 0 aliphatic carbocycles. The van der Waals surface area contributed by atoms with Crippen LogP contribution in [0, 0.1) is 10.1 Å². The molecule has 2 N–H and O–H groups in total. The summed E-state index contributed by atoms with van der Waals surface area (Å²) in [5.41, 5.74) is 0.996. The third kappa shape index (κ3) is 3.60. The second-order valence-electron chi connectivity index (χ2n) is 4.02. The van der Waals surface area contributed by atoms with E-state index >= 15 is 0 Å². The van der Waals surface area contributed by atoms with Crippen LogP contribution >= 0.6 is 11.3 Å². The fourth-order valence-electron chi connectivity index (χ4n) is 1.76. The van der Waals surface area contributed by atoms with Gasteiger partial charge in [0.15, 0.2) is 0 Å². The van der Waals surface area contributed by atoms with E-state index in [2.05, 4.69) is 5.32 Å². The Morgan fingerprint density at radius 1 is 1.26 bits per heavy atom. The van der Waals surface area contributed by atoms with Gasteiger partial charge in [-0.3, -0.25) is 10.1 Å². The normalized spacial score (nSPS) is 12.3. The molecular weight excluding hydrogens is 264 g/mol. The fraction of sp³-hybridized carbons (Fsp3) is 0.231. The highest BCUT2D eigenvalue weighted by Crippen LogP contribution is 2.24. The number of nitrogens with zero attached hydrogens (tertiary/aromatic N) is 1. The number of hydrogen-bond acceptors (Lipinski definition) is 5. The maximum Gasteiger partial charge on any atom is 0.324 e. The summed E-state index contributed by atoms with van der Waals surface area (Å²) in [5.74, 6) is 0. The summed E-state index contributed by atoms with van der Waals surface area (Å²) in [6.07, 6.45) is 0. The van der Waals surface area contributed by atoms with Crippen molar-refractivity contribution in [2.75, 3.05) is 6.61 Å². The third-order valence-electron chi connectivity index (χ3n) is 2.73. The second-order valence-corrected chi connectivity index (χ2v) is 5.17. The molecule has 0 amide bonds. The van der Waals surface area contributed by atoms with E-state index in [1.54, 1.807) is 6.07 Å². The predicted octanol–water partition coefficient (Wildman–Crippen LogP) is 2.48. The summed E-state index contributed by atoms with van der Waals surface area (Å²) in [6, 6.07) is 12.7. The maximum absolute atomic E-state index is 10.6. The average Bonchev–Trinajstić information content (AvgIpc) is 2.90. The van der Waals surface area contributed by atoms with Crippen molar-refractivity contribution in [3.63, 3.8) is 0 Å². The van der Waals surface area contributed by atoms with Crippen molar-refractivity contribution in [1.82, 2.24) is 5.32 Å². The summed E-state index contributed by atoms with van der Waals surface area (Å²) in [6.45, 7) is 0.482. The van der Waals surface area contributed by atoms with Gasteiger partial charge in [-0.05, 0) is 11.6 Å². The Balaban J connectivity index is 1.98. The van der Waals surface area contributed by atoms with E-state index in [4.69, 9.17) is 0 Å². The van der Waals surface area contributed by atoms with Crippen LogP contribution in [0.5, 0.6) is 0 Å². The summed E-state index contributed by atoms with van der Waals surface area (Å²) < 4.78 is 0. The molecule has 0 unspecified atom stereocenters. The first-order valence-electron chi connectivity index (χ1n) is 5.83. The standard InChI is InChI=1S/C13H14N2O3S/c16-9-12(10-4-2-1-3-5-10)14-8-11-6-7-13(19-11)15(17)18/h1-7,12,14,16H,8-9H2/t12-/m0/s1. The summed E-state index contributed by atoms with van der Waals surface area (Å²) >= 11 is 1.15. The monoisotopic (exact) mass is 278 g/mol. The molecule has 100 valence electrons. The van der Waals surface area contributed by atoms with Crippen LogP contribution in [0.1, 0.15) is 16.5 Å². The Labute approximate surface area is 114 Å². The molecule has 0 saturated carbocycles. The van der Waals surface area contributed by atoms with E-state index in [-0.39, 0.29) is 17.6 Å². The summed E-state index contributed by atoms with van der Waals surface area (Å²) in [7, 11) is 0. The van der Waals surface area contributed by atoms with Crippen LogP contribution in [0.3, 0.4) is 0 Å². The highest BCUT2D eigenvalue weighted by Gasteiger charge is 2.12.